The van der Waals surface area contributed by atoms with Crippen LogP contribution >= 0.6 is 0 Å². The van der Waals surface area contributed by atoms with Crippen LogP contribution in [0, 0.1) is 6.92 Å². The molecule has 17 heavy (non-hydrogen) atoms. The molecular weight excluding hydrogens is 212 g/mol. The molecule has 0 saturated carbocycles. The Labute approximate surface area is 104 Å². The van der Waals surface area contributed by atoms with Crippen LogP contribution in [-0.4, -0.2) is 41.5 Å². The topological polar surface area (TPSA) is 19.6 Å². The third-order valence-corrected chi connectivity index (χ3v) is 3.68. The van der Waals surface area contributed by atoms with Crippen LogP contribution in [-0.2, 0) is 6.54 Å². The molecule has 1 fully saturated rings. The summed E-state index contributed by atoms with van der Waals surface area (Å²) in [4.78, 5) is 5.08. The number of piperazine rings is 1. The summed E-state index contributed by atoms with van der Waals surface area (Å²) in [6.07, 6.45) is 3.71. The zero-order chi connectivity index (χ0) is 12.5. The highest BCUT2D eigenvalue weighted by Gasteiger charge is 2.25. The van der Waals surface area contributed by atoms with Gasteiger partial charge in [0.25, 0.3) is 0 Å². The Bertz CT molecular complexity index is 357. The first-order chi connectivity index (χ1) is 7.97. The summed E-state index contributed by atoms with van der Waals surface area (Å²) in [5, 5.41) is 0. The molecule has 0 aliphatic carbocycles. The van der Waals surface area contributed by atoms with Crippen molar-refractivity contribution in [2.75, 3.05) is 26.2 Å². The van der Waals surface area contributed by atoms with E-state index in [4.69, 9.17) is 4.42 Å². The second-order valence-electron chi connectivity index (χ2n) is 6.01. The smallest absolute Gasteiger partial charge is 0.0950 e. The van der Waals surface area contributed by atoms with Crippen LogP contribution in [0.3, 0.4) is 0 Å². The molecule has 2 rings (SSSR count). The van der Waals surface area contributed by atoms with Crippen molar-refractivity contribution in [3.05, 3.63) is 23.7 Å². The van der Waals surface area contributed by atoms with Gasteiger partial charge in [0.15, 0.2) is 0 Å². The average molecular weight is 236 g/mol. The SMILES string of the molecule is Cc1cocc1CN1CCN(C(C)(C)C)CC1. The van der Waals surface area contributed by atoms with Gasteiger partial charge in [0.2, 0.25) is 0 Å². The predicted molar refractivity (Wildman–Crippen MR) is 70.0 cm³/mol. The molecule has 96 valence electrons. The van der Waals surface area contributed by atoms with Gasteiger partial charge in [-0.25, -0.2) is 0 Å². The molecule has 3 nitrogen and oxygen atoms in total. The predicted octanol–water partition coefficient (Wildman–Crippen LogP) is 2.50. The number of aryl methyl sites for hydroxylation is 1. The summed E-state index contributed by atoms with van der Waals surface area (Å²) in [6, 6.07) is 0. The van der Waals surface area contributed by atoms with Crippen LogP contribution in [0.5, 0.6) is 0 Å². The Balaban J connectivity index is 1.86. The molecule has 1 saturated heterocycles. The second kappa shape index (κ2) is 4.83. The standard InChI is InChI=1S/C14H24N2O/c1-12-10-17-11-13(12)9-15-5-7-16(8-6-15)14(2,3)4/h10-11H,5-9H2,1-4H3. The van der Waals surface area contributed by atoms with Gasteiger partial charge in [0.1, 0.15) is 0 Å². The van der Waals surface area contributed by atoms with Gasteiger partial charge in [-0.1, -0.05) is 0 Å². The quantitative estimate of drug-likeness (QED) is 0.786. The van der Waals surface area contributed by atoms with E-state index in [2.05, 4.69) is 37.5 Å². The molecule has 0 spiro atoms. The lowest BCUT2D eigenvalue weighted by molar-refractivity contribution is 0.0589. The molecule has 0 atom stereocenters. The Morgan fingerprint density at radius 3 is 2.24 bits per heavy atom. The van der Waals surface area contributed by atoms with Crippen molar-refractivity contribution < 1.29 is 4.42 Å². The highest BCUT2D eigenvalue weighted by atomic mass is 16.3. The van der Waals surface area contributed by atoms with Crippen LogP contribution in [0.25, 0.3) is 0 Å². The van der Waals surface area contributed by atoms with Gasteiger partial charge in [-0.15, -0.1) is 0 Å². The zero-order valence-electron chi connectivity index (χ0n) is 11.5. The van der Waals surface area contributed by atoms with Crippen LogP contribution in [0.15, 0.2) is 16.9 Å². The molecule has 3 heteroatoms. The van der Waals surface area contributed by atoms with E-state index >= 15 is 0 Å². The number of rotatable bonds is 2. The first kappa shape index (κ1) is 12.7. The van der Waals surface area contributed by atoms with Gasteiger partial charge >= 0.3 is 0 Å². The highest BCUT2D eigenvalue weighted by molar-refractivity contribution is 5.18. The van der Waals surface area contributed by atoms with Gasteiger partial charge in [0.05, 0.1) is 12.5 Å². The number of furan rings is 1. The van der Waals surface area contributed by atoms with Crippen molar-refractivity contribution in [2.24, 2.45) is 0 Å². The van der Waals surface area contributed by atoms with Gasteiger partial charge in [-0.3, -0.25) is 9.80 Å². The molecule has 1 aromatic heterocycles. The molecular formula is C14H24N2O. The first-order valence-corrected chi connectivity index (χ1v) is 6.46. The van der Waals surface area contributed by atoms with E-state index in [0.29, 0.717) is 5.54 Å². The second-order valence-corrected chi connectivity index (χ2v) is 6.01. The van der Waals surface area contributed by atoms with E-state index in [0.717, 1.165) is 19.6 Å². The molecule has 0 amide bonds. The monoisotopic (exact) mass is 236 g/mol. The van der Waals surface area contributed by atoms with Gasteiger partial charge in [0, 0.05) is 43.8 Å². The van der Waals surface area contributed by atoms with Gasteiger partial charge in [-0.05, 0) is 33.3 Å². The van der Waals surface area contributed by atoms with E-state index in [1.54, 1.807) is 0 Å². The van der Waals surface area contributed by atoms with E-state index in [1.807, 2.05) is 12.5 Å². The molecule has 2 heterocycles. The van der Waals surface area contributed by atoms with Crippen molar-refractivity contribution in [2.45, 2.75) is 39.8 Å². The fourth-order valence-corrected chi connectivity index (χ4v) is 2.37. The third-order valence-electron chi connectivity index (χ3n) is 3.68. The molecule has 1 aliphatic heterocycles. The minimum Gasteiger partial charge on any atom is -0.472 e. The summed E-state index contributed by atoms with van der Waals surface area (Å²) in [5.41, 5.74) is 2.90. The Kier molecular flexibility index (Phi) is 3.59. The molecule has 0 N–H and O–H groups in total. The maximum atomic E-state index is 5.23. The van der Waals surface area contributed by atoms with Crippen molar-refractivity contribution in [3.8, 4) is 0 Å². The summed E-state index contributed by atoms with van der Waals surface area (Å²) in [5.74, 6) is 0. The third kappa shape index (κ3) is 3.11. The van der Waals surface area contributed by atoms with E-state index in [1.165, 1.54) is 24.2 Å². The number of hydrogen-bond donors (Lipinski definition) is 0. The molecule has 1 aromatic rings. The molecule has 1 aliphatic rings. The lowest BCUT2D eigenvalue weighted by Crippen LogP contribution is -2.53. The fraction of sp³-hybridized carbons (Fsp3) is 0.714. The molecule has 0 radical (unpaired) electrons. The van der Waals surface area contributed by atoms with Crippen molar-refractivity contribution in [1.82, 2.24) is 9.80 Å². The summed E-state index contributed by atoms with van der Waals surface area (Å²) >= 11 is 0. The van der Waals surface area contributed by atoms with E-state index in [-0.39, 0.29) is 0 Å². The maximum absolute atomic E-state index is 5.23. The Morgan fingerprint density at radius 1 is 1.12 bits per heavy atom. The van der Waals surface area contributed by atoms with Crippen molar-refractivity contribution in [1.29, 1.82) is 0 Å². The summed E-state index contributed by atoms with van der Waals surface area (Å²) in [6.45, 7) is 14.7. The summed E-state index contributed by atoms with van der Waals surface area (Å²) in [7, 11) is 0. The largest absolute Gasteiger partial charge is 0.472 e. The Hall–Kier alpha value is -0.800. The minimum absolute atomic E-state index is 0.303. The molecule has 0 aromatic carbocycles. The van der Waals surface area contributed by atoms with Crippen LogP contribution in [0.4, 0.5) is 0 Å². The number of hydrogen-bond acceptors (Lipinski definition) is 3. The van der Waals surface area contributed by atoms with E-state index < -0.39 is 0 Å². The normalized spacial score (nSPS) is 19.8. The average Bonchev–Trinajstić information content (AvgIpc) is 2.64. The Morgan fingerprint density at radius 2 is 1.76 bits per heavy atom. The van der Waals surface area contributed by atoms with Gasteiger partial charge < -0.3 is 4.42 Å². The first-order valence-electron chi connectivity index (χ1n) is 6.46. The lowest BCUT2D eigenvalue weighted by atomic mass is 10.0. The molecule has 0 bridgehead atoms. The van der Waals surface area contributed by atoms with Crippen LogP contribution < -0.4 is 0 Å². The van der Waals surface area contributed by atoms with Crippen LogP contribution in [0.2, 0.25) is 0 Å². The fourth-order valence-electron chi connectivity index (χ4n) is 2.37. The van der Waals surface area contributed by atoms with Crippen LogP contribution in [0.1, 0.15) is 31.9 Å². The van der Waals surface area contributed by atoms with Gasteiger partial charge in [-0.2, -0.15) is 0 Å². The van der Waals surface area contributed by atoms with Crippen molar-refractivity contribution in [3.63, 3.8) is 0 Å². The van der Waals surface area contributed by atoms with Crippen molar-refractivity contribution >= 4 is 0 Å². The number of nitrogens with zero attached hydrogens (tertiary/aromatic N) is 2. The van der Waals surface area contributed by atoms with E-state index in [9.17, 15) is 0 Å². The summed E-state index contributed by atoms with van der Waals surface area (Å²) < 4.78 is 5.23. The molecule has 0 unspecified atom stereocenters. The highest BCUT2D eigenvalue weighted by Crippen LogP contribution is 2.18. The minimum atomic E-state index is 0.303. The maximum Gasteiger partial charge on any atom is 0.0950 e. The lowest BCUT2D eigenvalue weighted by Gasteiger charge is -2.42. The zero-order valence-corrected chi connectivity index (χ0v) is 11.5.